The Kier molecular flexibility index (Phi) is 3.82. The summed E-state index contributed by atoms with van der Waals surface area (Å²) in [6.07, 6.45) is 1.15. The Morgan fingerprint density at radius 3 is 3.00 bits per heavy atom. The molecule has 0 aliphatic carbocycles. The van der Waals surface area contributed by atoms with Crippen LogP contribution < -0.4 is 20.5 Å². The van der Waals surface area contributed by atoms with Gasteiger partial charge in [-0.15, -0.1) is 0 Å². The molecule has 1 heterocycles. The second-order valence-corrected chi connectivity index (χ2v) is 3.83. The van der Waals surface area contributed by atoms with Gasteiger partial charge in [-0.3, -0.25) is 4.79 Å². The molecule has 0 saturated carbocycles. The fraction of sp³-hybridized carbons (Fsp3) is 0.417. The third-order valence-electron chi connectivity index (χ3n) is 2.54. The molecule has 0 atom stereocenters. The zero-order chi connectivity index (χ0) is 12.1. The predicted octanol–water partition coefficient (Wildman–Crippen LogP) is 0.423. The molecule has 1 aromatic carbocycles. The molecule has 0 bridgehead atoms. The highest BCUT2D eigenvalue weighted by Gasteiger charge is 2.13. The van der Waals surface area contributed by atoms with E-state index in [9.17, 15) is 4.79 Å². The fourth-order valence-corrected chi connectivity index (χ4v) is 1.65. The maximum absolute atomic E-state index is 11.4. The number of carbonyl (C=O) groups is 1. The molecule has 5 heteroatoms. The highest BCUT2D eigenvalue weighted by atomic mass is 16.7. The maximum atomic E-state index is 11.4. The lowest BCUT2D eigenvalue weighted by Crippen LogP contribution is -2.29. The Morgan fingerprint density at radius 2 is 2.18 bits per heavy atom. The first-order valence-electron chi connectivity index (χ1n) is 5.65. The van der Waals surface area contributed by atoms with Crippen molar-refractivity contribution in [3.05, 3.63) is 23.8 Å². The standard InChI is InChI=1S/C12H16N2O3/c13-5-6-14-12(15)4-2-9-1-3-10-11(7-9)17-8-16-10/h1,3,7H,2,4-6,8,13H2,(H,14,15). The molecular weight excluding hydrogens is 220 g/mol. The van der Waals surface area contributed by atoms with E-state index >= 15 is 0 Å². The van der Waals surface area contributed by atoms with Crippen LogP contribution in [0.15, 0.2) is 18.2 Å². The SMILES string of the molecule is NCCNC(=O)CCc1ccc2c(c1)OCO2. The first kappa shape index (κ1) is 11.7. The Labute approximate surface area is 99.9 Å². The van der Waals surface area contributed by atoms with Gasteiger partial charge in [-0.25, -0.2) is 0 Å². The van der Waals surface area contributed by atoms with Crippen molar-refractivity contribution in [2.24, 2.45) is 5.73 Å². The van der Waals surface area contributed by atoms with Crippen LogP contribution in [0.1, 0.15) is 12.0 Å². The van der Waals surface area contributed by atoms with Crippen LogP contribution in [0.3, 0.4) is 0 Å². The van der Waals surface area contributed by atoms with E-state index in [4.69, 9.17) is 15.2 Å². The molecular formula is C12H16N2O3. The van der Waals surface area contributed by atoms with E-state index < -0.39 is 0 Å². The van der Waals surface area contributed by atoms with Gasteiger partial charge in [0.25, 0.3) is 0 Å². The van der Waals surface area contributed by atoms with Gasteiger partial charge in [0.15, 0.2) is 11.5 Å². The highest BCUT2D eigenvalue weighted by Crippen LogP contribution is 2.32. The molecule has 1 aliphatic rings. The molecule has 0 spiro atoms. The van der Waals surface area contributed by atoms with Crippen LogP contribution in [-0.4, -0.2) is 25.8 Å². The first-order chi connectivity index (χ1) is 8.29. The quantitative estimate of drug-likeness (QED) is 0.777. The fourth-order valence-electron chi connectivity index (χ4n) is 1.65. The van der Waals surface area contributed by atoms with Gasteiger partial charge < -0.3 is 20.5 Å². The lowest BCUT2D eigenvalue weighted by Gasteiger charge is -2.04. The number of aryl methyl sites for hydroxylation is 1. The number of amides is 1. The van der Waals surface area contributed by atoms with Gasteiger partial charge in [-0.2, -0.15) is 0 Å². The van der Waals surface area contributed by atoms with E-state index in [2.05, 4.69) is 5.32 Å². The first-order valence-corrected chi connectivity index (χ1v) is 5.65. The third-order valence-corrected chi connectivity index (χ3v) is 2.54. The summed E-state index contributed by atoms with van der Waals surface area (Å²) in [6.45, 7) is 1.27. The van der Waals surface area contributed by atoms with Gasteiger partial charge in [-0.05, 0) is 24.1 Å². The van der Waals surface area contributed by atoms with Crippen molar-refractivity contribution in [3.8, 4) is 11.5 Å². The van der Waals surface area contributed by atoms with E-state index in [1.807, 2.05) is 18.2 Å². The number of hydrogen-bond donors (Lipinski definition) is 2. The lowest BCUT2D eigenvalue weighted by atomic mass is 10.1. The molecule has 0 radical (unpaired) electrons. The molecule has 92 valence electrons. The summed E-state index contributed by atoms with van der Waals surface area (Å²) in [6, 6.07) is 5.73. The summed E-state index contributed by atoms with van der Waals surface area (Å²) in [7, 11) is 0. The van der Waals surface area contributed by atoms with E-state index in [0.717, 1.165) is 17.1 Å². The number of benzene rings is 1. The zero-order valence-corrected chi connectivity index (χ0v) is 9.57. The van der Waals surface area contributed by atoms with Crippen molar-refractivity contribution in [2.45, 2.75) is 12.8 Å². The largest absolute Gasteiger partial charge is 0.454 e. The van der Waals surface area contributed by atoms with Crippen molar-refractivity contribution in [2.75, 3.05) is 19.9 Å². The van der Waals surface area contributed by atoms with Gasteiger partial charge >= 0.3 is 0 Å². The van der Waals surface area contributed by atoms with Gasteiger partial charge in [0.1, 0.15) is 0 Å². The summed E-state index contributed by atoms with van der Waals surface area (Å²) in [5.74, 6) is 1.54. The summed E-state index contributed by atoms with van der Waals surface area (Å²) >= 11 is 0. The summed E-state index contributed by atoms with van der Waals surface area (Å²) in [4.78, 5) is 11.4. The minimum atomic E-state index is 0.0214. The van der Waals surface area contributed by atoms with Crippen LogP contribution in [0.5, 0.6) is 11.5 Å². The number of hydrogen-bond acceptors (Lipinski definition) is 4. The summed E-state index contributed by atoms with van der Waals surface area (Å²) in [5.41, 5.74) is 6.37. The molecule has 0 aromatic heterocycles. The molecule has 1 aliphatic heterocycles. The number of nitrogens with one attached hydrogen (secondary N) is 1. The number of nitrogens with two attached hydrogens (primary N) is 1. The number of ether oxygens (including phenoxy) is 2. The van der Waals surface area contributed by atoms with E-state index in [1.54, 1.807) is 0 Å². The number of rotatable bonds is 5. The maximum Gasteiger partial charge on any atom is 0.231 e. The predicted molar refractivity (Wildman–Crippen MR) is 63.0 cm³/mol. The van der Waals surface area contributed by atoms with Crippen molar-refractivity contribution in [1.82, 2.24) is 5.32 Å². The molecule has 5 nitrogen and oxygen atoms in total. The molecule has 0 saturated heterocycles. The Hall–Kier alpha value is -1.75. The summed E-state index contributed by atoms with van der Waals surface area (Å²) in [5, 5.41) is 2.74. The molecule has 3 N–H and O–H groups in total. The van der Waals surface area contributed by atoms with Gasteiger partial charge in [0.05, 0.1) is 0 Å². The minimum Gasteiger partial charge on any atom is -0.454 e. The van der Waals surface area contributed by atoms with Crippen LogP contribution in [-0.2, 0) is 11.2 Å². The molecule has 17 heavy (non-hydrogen) atoms. The van der Waals surface area contributed by atoms with Crippen LogP contribution in [0.4, 0.5) is 0 Å². The second-order valence-electron chi connectivity index (χ2n) is 3.83. The van der Waals surface area contributed by atoms with Crippen LogP contribution in [0.25, 0.3) is 0 Å². The van der Waals surface area contributed by atoms with Crippen molar-refractivity contribution < 1.29 is 14.3 Å². The molecule has 2 rings (SSSR count). The number of carbonyl (C=O) groups excluding carboxylic acids is 1. The summed E-state index contributed by atoms with van der Waals surface area (Å²) < 4.78 is 10.5. The van der Waals surface area contributed by atoms with Gasteiger partial charge in [0, 0.05) is 19.5 Å². The van der Waals surface area contributed by atoms with Crippen LogP contribution in [0.2, 0.25) is 0 Å². The van der Waals surface area contributed by atoms with E-state index in [0.29, 0.717) is 25.9 Å². The Morgan fingerprint density at radius 1 is 1.35 bits per heavy atom. The van der Waals surface area contributed by atoms with Crippen LogP contribution >= 0.6 is 0 Å². The topological polar surface area (TPSA) is 73.6 Å². The molecule has 0 fully saturated rings. The van der Waals surface area contributed by atoms with E-state index in [1.165, 1.54) is 0 Å². The number of fused-ring (bicyclic) bond motifs is 1. The molecule has 1 amide bonds. The van der Waals surface area contributed by atoms with Gasteiger partial charge in [-0.1, -0.05) is 6.07 Å². The molecule has 1 aromatic rings. The normalized spacial score (nSPS) is 12.5. The van der Waals surface area contributed by atoms with Gasteiger partial charge in [0.2, 0.25) is 12.7 Å². The van der Waals surface area contributed by atoms with Crippen molar-refractivity contribution in [1.29, 1.82) is 0 Å². The monoisotopic (exact) mass is 236 g/mol. The van der Waals surface area contributed by atoms with Crippen molar-refractivity contribution >= 4 is 5.91 Å². The van der Waals surface area contributed by atoms with Crippen molar-refractivity contribution in [3.63, 3.8) is 0 Å². The molecule has 0 unspecified atom stereocenters. The average molecular weight is 236 g/mol. The smallest absolute Gasteiger partial charge is 0.231 e. The Balaban J connectivity index is 1.85. The minimum absolute atomic E-state index is 0.0214. The zero-order valence-electron chi connectivity index (χ0n) is 9.57. The average Bonchev–Trinajstić information content (AvgIpc) is 2.81. The lowest BCUT2D eigenvalue weighted by molar-refractivity contribution is -0.120. The van der Waals surface area contributed by atoms with E-state index in [-0.39, 0.29) is 12.7 Å². The third kappa shape index (κ3) is 3.10. The second kappa shape index (κ2) is 5.54. The highest BCUT2D eigenvalue weighted by molar-refractivity contribution is 5.76. The van der Waals surface area contributed by atoms with Crippen LogP contribution in [0, 0.1) is 0 Å². The Bertz CT molecular complexity index is 407.